The second kappa shape index (κ2) is 4.97. The van der Waals surface area contributed by atoms with Gasteiger partial charge in [0.2, 0.25) is 0 Å². The quantitative estimate of drug-likeness (QED) is 0.814. The molecule has 0 spiro atoms. The number of benzene rings is 1. The summed E-state index contributed by atoms with van der Waals surface area (Å²) in [5.74, 6) is 0.256. The summed E-state index contributed by atoms with van der Waals surface area (Å²) in [7, 11) is 0. The lowest BCUT2D eigenvalue weighted by Crippen LogP contribution is -2.01. The van der Waals surface area contributed by atoms with Gasteiger partial charge in [-0.05, 0) is 53.6 Å². The van der Waals surface area contributed by atoms with Crippen LogP contribution in [0.1, 0.15) is 11.3 Å². The van der Waals surface area contributed by atoms with Crippen molar-refractivity contribution in [3.8, 4) is 16.2 Å². The number of allylic oxidation sites excluding steroid dienone is 1. The third-order valence-electron chi connectivity index (χ3n) is 2.99. The van der Waals surface area contributed by atoms with Crippen molar-refractivity contribution in [3.63, 3.8) is 0 Å². The fraction of sp³-hybridized carbons (Fsp3) is 0.133. The van der Waals surface area contributed by atoms with Gasteiger partial charge in [0.15, 0.2) is 6.30 Å². The molecule has 0 aliphatic carbocycles. The number of rotatable bonds is 2. The van der Waals surface area contributed by atoms with E-state index in [0.717, 1.165) is 20.9 Å². The minimum Gasteiger partial charge on any atom is -0.508 e. The number of nitrogens with zero attached hydrogens (tertiary/aromatic N) is 1. The average Bonchev–Trinajstić information content (AvgIpc) is 2.89. The monoisotopic (exact) mass is 273 g/mol. The van der Waals surface area contributed by atoms with Crippen molar-refractivity contribution in [3.05, 3.63) is 47.4 Å². The van der Waals surface area contributed by atoms with Crippen molar-refractivity contribution in [2.24, 2.45) is 4.99 Å². The van der Waals surface area contributed by atoms with E-state index in [1.807, 2.05) is 30.3 Å². The number of aliphatic imine (C=N–C) groups is 1. The number of alkyl halides is 1. The molecule has 0 amide bonds. The van der Waals surface area contributed by atoms with E-state index in [1.54, 1.807) is 23.5 Å². The Kier molecular flexibility index (Phi) is 3.17. The third kappa shape index (κ3) is 2.58. The molecule has 1 unspecified atom stereocenters. The standard InChI is InChI=1S/C15H12FNOS/c16-15-9-11(7-8-17-15)14-6-5-13(19-14)10-1-3-12(18)4-2-10/h1-8,15,18H,9H2. The van der Waals surface area contributed by atoms with E-state index in [0.29, 0.717) is 6.42 Å². The van der Waals surface area contributed by atoms with Gasteiger partial charge >= 0.3 is 0 Å². The number of phenolic OH excluding ortho intramolecular Hbond substituents is 1. The zero-order valence-corrected chi connectivity index (χ0v) is 10.9. The van der Waals surface area contributed by atoms with Crippen molar-refractivity contribution in [2.45, 2.75) is 12.7 Å². The molecule has 96 valence electrons. The second-order valence-corrected chi connectivity index (χ2v) is 5.42. The van der Waals surface area contributed by atoms with E-state index in [-0.39, 0.29) is 5.75 Å². The Bertz CT molecular complexity index is 642. The molecule has 2 aromatic rings. The lowest BCUT2D eigenvalue weighted by Gasteiger charge is -2.09. The summed E-state index contributed by atoms with van der Waals surface area (Å²) in [5, 5.41) is 9.28. The summed E-state index contributed by atoms with van der Waals surface area (Å²) >= 11 is 1.62. The van der Waals surface area contributed by atoms with Crippen molar-refractivity contribution in [1.29, 1.82) is 0 Å². The third-order valence-corrected chi connectivity index (χ3v) is 4.20. The maximum Gasteiger partial charge on any atom is 0.193 e. The maximum absolute atomic E-state index is 13.2. The normalized spacial score (nSPS) is 18.4. The van der Waals surface area contributed by atoms with Crippen molar-refractivity contribution in [2.75, 3.05) is 0 Å². The minimum absolute atomic E-state index is 0.256. The molecule has 4 heteroatoms. The van der Waals surface area contributed by atoms with Gasteiger partial charge in [-0.2, -0.15) is 0 Å². The number of halogens is 1. The summed E-state index contributed by atoms with van der Waals surface area (Å²) in [4.78, 5) is 5.86. The lowest BCUT2D eigenvalue weighted by atomic mass is 10.1. The molecule has 0 fully saturated rings. The molecular formula is C15H12FNOS. The average molecular weight is 273 g/mol. The van der Waals surface area contributed by atoms with Gasteiger partial charge in [0.25, 0.3) is 0 Å². The Hall–Kier alpha value is -1.94. The first-order valence-electron chi connectivity index (χ1n) is 5.98. The van der Waals surface area contributed by atoms with Gasteiger partial charge in [-0.3, -0.25) is 4.99 Å². The van der Waals surface area contributed by atoms with Gasteiger partial charge in [0, 0.05) is 22.4 Å². The Balaban J connectivity index is 1.89. The molecule has 2 nitrogen and oxygen atoms in total. The Labute approximate surface area is 114 Å². The fourth-order valence-electron chi connectivity index (χ4n) is 2.00. The van der Waals surface area contributed by atoms with Crippen LogP contribution >= 0.6 is 11.3 Å². The number of dihydropyridines is 1. The molecule has 1 aliphatic heterocycles. The molecule has 3 rings (SSSR count). The van der Waals surface area contributed by atoms with Gasteiger partial charge in [-0.15, -0.1) is 11.3 Å². The first-order valence-corrected chi connectivity index (χ1v) is 6.80. The number of thiophene rings is 1. The Morgan fingerprint density at radius 1 is 1.11 bits per heavy atom. The molecule has 1 aromatic carbocycles. The topological polar surface area (TPSA) is 32.6 Å². The van der Waals surface area contributed by atoms with E-state index in [9.17, 15) is 9.50 Å². The Morgan fingerprint density at radius 2 is 1.84 bits per heavy atom. The first kappa shape index (κ1) is 12.1. The summed E-state index contributed by atoms with van der Waals surface area (Å²) in [6, 6.07) is 11.1. The van der Waals surface area contributed by atoms with Crippen LogP contribution in [-0.2, 0) is 0 Å². The highest BCUT2D eigenvalue weighted by Crippen LogP contribution is 2.35. The van der Waals surface area contributed by atoms with E-state index in [4.69, 9.17) is 0 Å². The second-order valence-electron chi connectivity index (χ2n) is 4.34. The van der Waals surface area contributed by atoms with E-state index < -0.39 is 6.30 Å². The van der Waals surface area contributed by atoms with Gasteiger partial charge < -0.3 is 5.11 Å². The molecule has 1 atom stereocenters. The zero-order chi connectivity index (χ0) is 13.2. The van der Waals surface area contributed by atoms with Gasteiger partial charge in [0.05, 0.1) is 0 Å². The highest BCUT2D eigenvalue weighted by Gasteiger charge is 2.14. The van der Waals surface area contributed by atoms with E-state index in [1.165, 1.54) is 6.21 Å². The van der Waals surface area contributed by atoms with Crippen LogP contribution in [-0.4, -0.2) is 17.6 Å². The molecular weight excluding hydrogens is 261 g/mol. The largest absolute Gasteiger partial charge is 0.508 e. The smallest absolute Gasteiger partial charge is 0.193 e. The van der Waals surface area contributed by atoms with Gasteiger partial charge in [-0.25, -0.2) is 4.39 Å². The van der Waals surface area contributed by atoms with Crippen LogP contribution in [0.15, 0.2) is 47.5 Å². The van der Waals surface area contributed by atoms with Crippen molar-refractivity contribution >= 4 is 23.1 Å². The summed E-state index contributed by atoms with van der Waals surface area (Å²) in [6.45, 7) is 0. The predicted molar refractivity (Wildman–Crippen MR) is 77.4 cm³/mol. The number of hydrogen-bond donors (Lipinski definition) is 1. The van der Waals surface area contributed by atoms with Crippen molar-refractivity contribution < 1.29 is 9.50 Å². The van der Waals surface area contributed by atoms with Crippen LogP contribution in [0.5, 0.6) is 5.75 Å². The molecule has 0 saturated heterocycles. The van der Waals surface area contributed by atoms with Gasteiger partial charge in [0.1, 0.15) is 5.75 Å². The van der Waals surface area contributed by atoms with Crippen LogP contribution in [0.3, 0.4) is 0 Å². The summed E-state index contributed by atoms with van der Waals surface area (Å²) in [6.07, 6.45) is 2.61. The SMILES string of the molecule is Oc1ccc(-c2ccc(C3=CC=NC(F)C3)s2)cc1. The Morgan fingerprint density at radius 3 is 2.58 bits per heavy atom. The van der Waals surface area contributed by atoms with Crippen LogP contribution in [0.2, 0.25) is 0 Å². The molecule has 1 aliphatic rings. The lowest BCUT2D eigenvalue weighted by molar-refractivity contribution is 0.354. The van der Waals surface area contributed by atoms with Gasteiger partial charge in [-0.1, -0.05) is 0 Å². The summed E-state index contributed by atoms with van der Waals surface area (Å²) in [5.41, 5.74) is 2.04. The molecule has 0 saturated carbocycles. The summed E-state index contributed by atoms with van der Waals surface area (Å²) < 4.78 is 13.2. The maximum atomic E-state index is 13.2. The zero-order valence-electron chi connectivity index (χ0n) is 10.1. The molecule has 1 N–H and O–H groups in total. The fourth-order valence-corrected chi connectivity index (χ4v) is 3.05. The molecule has 1 aromatic heterocycles. The van der Waals surface area contributed by atoms with Crippen LogP contribution < -0.4 is 0 Å². The molecule has 19 heavy (non-hydrogen) atoms. The van der Waals surface area contributed by atoms with E-state index >= 15 is 0 Å². The molecule has 0 radical (unpaired) electrons. The van der Waals surface area contributed by atoms with Crippen molar-refractivity contribution in [1.82, 2.24) is 0 Å². The highest BCUT2D eigenvalue weighted by atomic mass is 32.1. The van der Waals surface area contributed by atoms with Crippen LogP contribution in [0.25, 0.3) is 16.0 Å². The minimum atomic E-state index is -1.13. The number of phenols is 1. The molecule has 2 heterocycles. The highest BCUT2D eigenvalue weighted by molar-refractivity contribution is 7.16. The van der Waals surface area contributed by atoms with E-state index in [2.05, 4.69) is 4.99 Å². The van der Waals surface area contributed by atoms with Crippen LogP contribution in [0.4, 0.5) is 4.39 Å². The molecule has 0 bridgehead atoms. The number of hydrogen-bond acceptors (Lipinski definition) is 3. The first-order chi connectivity index (χ1) is 9.22. The van der Waals surface area contributed by atoms with Crippen LogP contribution in [0, 0.1) is 0 Å². The predicted octanol–water partition coefficient (Wildman–Crippen LogP) is 4.27. The number of aromatic hydroxyl groups is 1.